The summed E-state index contributed by atoms with van der Waals surface area (Å²) in [5, 5.41) is 0. The highest BCUT2D eigenvalue weighted by atomic mass is 16.1. The summed E-state index contributed by atoms with van der Waals surface area (Å²) in [6.07, 6.45) is 1.14. The van der Waals surface area contributed by atoms with E-state index < -0.39 is 0 Å². The summed E-state index contributed by atoms with van der Waals surface area (Å²) in [6.45, 7) is 6.16. The fraction of sp³-hybridized carbons (Fsp3) is 0.273. The Morgan fingerprint density at radius 2 is 1.36 bits per heavy atom. The predicted octanol–water partition coefficient (Wildman–Crippen LogP) is 1.45. The third kappa shape index (κ3) is 13.1. The number of carbonyl (C=O) groups excluding carboxylic acids is 2. The van der Waals surface area contributed by atoms with Gasteiger partial charge in [0.15, 0.2) is 0 Å². The Labute approximate surface area is 85.9 Å². The van der Waals surface area contributed by atoms with Gasteiger partial charge < -0.3 is 15.3 Å². The molecule has 1 aromatic rings. The second kappa shape index (κ2) is 22.5. The zero-order valence-corrected chi connectivity index (χ0v) is 8.90. The number of carbonyl (C=O) groups is 2. The Hall–Kier alpha value is -1.48. The highest BCUT2D eigenvalue weighted by molar-refractivity contribution is 5.13. The summed E-state index contributed by atoms with van der Waals surface area (Å²) in [5.41, 5.74) is 5.91. The van der Waals surface area contributed by atoms with Gasteiger partial charge in [0.2, 0.25) is 0 Å². The van der Waals surface area contributed by atoms with E-state index in [0.717, 1.165) is 6.42 Å². The van der Waals surface area contributed by atoms with Gasteiger partial charge in [0, 0.05) is 0 Å². The Morgan fingerprint density at radius 3 is 1.57 bits per heavy atom. The maximum Gasteiger partial charge on any atom is 0.106 e. The summed E-state index contributed by atoms with van der Waals surface area (Å²) in [6, 6.07) is 10.5. The minimum atomic E-state index is 1.14. The van der Waals surface area contributed by atoms with Crippen LogP contribution in [0.25, 0.3) is 0 Å². The van der Waals surface area contributed by atoms with Gasteiger partial charge in [0.25, 0.3) is 0 Å². The van der Waals surface area contributed by atoms with Crippen LogP contribution >= 0.6 is 0 Å². The van der Waals surface area contributed by atoms with E-state index in [2.05, 4.69) is 36.9 Å². The van der Waals surface area contributed by atoms with E-state index in [1.165, 1.54) is 12.6 Å². The van der Waals surface area contributed by atoms with Crippen LogP contribution in [-0.2, 0) is 16.0 Å². The first kappa shape index (κ1) is 18.3. The summed E-state index contributed by atoms with van der Waals surface area (Å²) in [4.78, 5) is 16.0. The topological polar surface area (TPSA) is 60.2 Å². The van der Waals surface area contributed by atoms with Crippen molar-refractivity contribution in [2.45, 2.75) is 13.3 Å². The number of aryl methyl sites for hydroxylation is 1. The first-order chi connectivity index (χ1) is 6.93. The maximum atomic E-state index is 8.00. The van der Waals surface area contributed by atoms with Crippen molar-refractivity contribution in [3.05, 3.63) is 35.9 Å². The molecule has 0 aliphatic rings. The quantitative estimate of drug-likeness (QED) is 0.741. The third-order valence-corrected chi connectivity index (χ3v) is 1.25. The van der Waals surface area contributed by atoms with E-state index in [4.69, 9.17) is 9.59 Å². The smallest absolute Gasteiger partial charge is 0.106 e. The standard InChI is InChI=1S/C8H10.CH5N.2CH2O/c1-2-8-6-4-3-5-7-8;3*1-2/h3-7H,2H2,1H3;2H2,1H3;2*1H2. The molecule has 3 nitrogen and oxygen atoms in total. The monoisotopic (exact) mass is 197 g/mol. The van der Waals surface area contributed by atoms with Crippen LogP contribution in [0.4, 0.5) is 0 Å². The van der Waals surface area contributed by atoms with Gasteiger partial charge in [-0.3, -0.25) is 0 Å². The average Bonchev–Trinajstić information content (AvgIpc) is 2.37. The van der Waals surface area contributed by atoms with Crippen LogP contribution in [0.1, 0.15) is 12.5 Å². The number of hydrogen-bond acceptors (Lipinski definition) is 3. The zero-order chi connectivity index (χ0) is 11.8. The summed E-state index contributed by atoms with van der Waals surface area (Å²) >= 11 is 0. The first-order valence-electron chi connectivity index (χ1n) is 4.13. The van der Waals surface area contributed by atoms with E-state index in [-0.39, 0.29) is 0 Å². The van der Waals surface area contributed by atoms with Crippen molar-refractivity contribution in [2.24, 2.45) is 5.73 Å². The third-order valence-electron chi connectivity index (χ3n) is 1.25. The van der Waals surface area contributed by atoms with Gasteiger partial charge >= 0.3 is 0 Å². The lowest BCUT2D eigenvalue weighted by Crippen LogP contribution is -1.73. The molecule has 14 heavy (non-hydrogen) atoms. The molecule has 2 N–H and O–H groups in total. The van der Waals surface area contributed by atoms with Crippen LogP contribution < -0.4 is 5.73 Å². The molecule has 0 saturated heterocycles. The Bertz CT molecular complexity index is 176. The van der Waals surface area contributed by atoms with Crippen LogP contribution in [-0.4, -0.2) is 20.6 Å². The molecule has 0 aliphatic heterocycles. The number of rotatable bonds is 1. The van der Waals surface area contributed by atoms with E-state index in [1.54, 1.807) is 0 Å². The predicted molar refractivity (Wildman–Crippen MR) is 60.2 cm³/mol. The van der Waals surface area contributed by atoms with Gasteiger partial charge in [0.1, 0.15) is 13.6 Å². The minimum absolute atomic E-state index is 1.14. The molecule has 0 amide bonds. The second-order valence-electron chi connectivity index (χ2n) is 1.84. The molecule has 0 spiro atoms. The number of benzene rings is 1. The molecule has 0 heterocycles. The SMILES string of the molecule is C=O.C=O.CCc1ccccc1.CN. The van der Waals surface area contributed by atoms with E-state index in [0.29, 0.717) is 0 Å². The molecule has 0 bridgehead atoms. The largest absolute Gasteiger partial charge is 0.333 e. The molecule has 0 aliphatic carbocycles. The van der Waals surface area contributed by atoms with Crippen molar-refractivity contribution in [1.29, 1.82) is 0 Å². The van der Waals surface area contributed by atoms with Crippen molar-refractivity contribution < 1.29 is 9.59 Å². The van der Waals surface area contributed by atoms with Crippen molar-refractivity contribution >= 4 is 13.6 Å². The van der Waals surface area contributed by atoms with Gasteiger partial charge in [-0.15, -0.1) is 0 Å². The zero-order valence-electron chi connectivity index (χ0n) is 8.90. The molecule has 3 heteroatoms. The Kier molecular flexibility index (Phi) is 29.5. The summed E-state index contributed by atoms with van der Waals surface area (Å²) in [5.74, 6) is 0. The average molecular weight is 197 g/mol. The molecule has 0 aromatic heterocycles. The molecule has 1 aromatic carbocycles. The van der Waals surface area contributed by atoms with Gasteiger partial charge in [-0.2, -0.15) is 0 Å². The first-order valence-corrected chi connectivity index (χ1v) is 4.13. The van der Waals surface area contributed by atoms with Crippen molar-refractivity contribution in [1.82, 2.24) is 0 Å². The van der Waals surface area contributed by atoms with E-state index in [9.17, 15) is 0 Å². The molecule has 1 rings (SSSR count). The summed E-state index contributed by atoms with van der Waals surface area (Å²) in [7, 11) is 1.50. The molecular weight excluding hydrogens is 178 g/mol. The van der Waals surface area contributed by atoms with Gasteiger partial charge in [-0.05, 0) is 19.0 Å². The normalized spacial score (nSPS) is 6.21. The molecule has 80 valence electrons. The molecule has 0 saturated carbocycles. The molecular formula is C11H19NO2. The van der Waals surface area contributed by atoms with Crippen LogP contribution in [0.15, 0.2) is 30.3 Å². The van der Waals surface area contributed by atoms with Crippen molar-refractivity contribution in [2.75, 3.05) is 7.05 Å². The van der Waals surface area contributed by atoms with E-state index >= 15 is 0 Å². The van der Waals surface area contributed by atoms with Crippen molar-refractivity contribution in [3.63, 3.8) is 0 Å². The number of nitrogens with two attached hydrogens (primary N) is 1. The highest BCUT2D eigenvalue weighted by Gasteiger charge is 1.79. The molecule has 0 fully saturated rings. The number of hydrogen-bond donors (Lipinski definition) is 1. The lowest BCUT2D eigenvalue weighted by Gasteiger charge is -1.89. The van der Waals surface area contributed by atoms with Crippen molar-refractivity contribution in [3.8, 4) is 0 Å². The Balaban J connectivity index is -0.000000174. The fourth-order valence-electron chi connectivity index (χ4n) is 0.714. The summed E-state index contributed by atoms with van der Waals surface area (Å²) < 4.78 is 0. The molecule has 0 unspecified atom stereocenters. The Morgan fingerprint density at radius 1 is 1.00 bits per heavy atom. The van der Waals surface area contributed by atoms with Crippen LogP contribution in [0, 0.1) is 0 Å². The van der Waals surface area contributed by atoms with Crippen LogP contribution in [0.3, 0.4) is 0 Å². The lowest BCUT2D eigenvalue weighted by atomic mass is 10.2. The van der Waals surface area contributed by atoms with Gasteiger partial charge in [-0.1, -0.05) is 37.3 Å². The maximum absolute atomic E-state index is 8.00. The second-order valence-corrected chi connectivity index (χ2v) is 1.84. The van der Waals surface area contributed by atoms with Crippen LogP contribution in [0.5, 0.6) is 0 Å². The minimum Gasteiger partial charge on any atom is -0.333 e. The highest BCUT2D eigenvalue weighted by Crippen LogP contribution is 1.96. The molecule has 0 radical (unpaired) electrons. The molecule has 0 atom stereocenters. The fourth-order valence-corrected chi connectivity index (χ4v) is 0.714. The van der Waals surface area contributed by atoms with Gasteiger partial charge in [-0.25, -0.2) is 0 Å². The van der Waals surface area contributed by atoms with E-state index in [1.807, 2.05) is 19.6 Å². The lowest BCUT2D eigenvalue weighted by molar-refractivity contribution is -0.0987. The van der Waals surface area contributed by atoms with Gasteiger partial charge in [0.05, 0.1) is 0 Å². The van der Waals surface area contributed by atoms with Crippen LogP contribution in [0.2, 0.25) is 0 Å².